The fraction of sp³-hybridized carbons (Fsp3) is 0.520. The molecule has 6 aromatic rings. The van der Waals surface area contributed by atoms with Gasteiger partial charge in [-0.3, -0.25) is 0 Å². The van der Waals surface area contributed by atoms with Crippen LogP contribution in [0.25, 0.3) is 0 Å². The summed E-state index contributed by atoms with van der Waals surface area (Å²) in [6.07, 6.45) is 10.8. The van der Waals surface area contributed by atoms with Crippen molar-refractivity contribution in [3.63, 3.8) is 0 Å². The minimum absolute atomic E-state index is 0.0238. The first-order valence-corrected chi connectivity index (χ1v) is 30.6. The Labute approximate surface area is 471 Å². The van der Waals surface area contributed by atoms with Crippen molar-refractivity contribution in [2.75, 3.05) is 14.7 Å². The normalized spacial score (nSPS) is 25.7. The maximum absolute atomic E-state index is 2.84. The second-order valence-corrected chi connectivity index (χ2v) is 32.0. The Hall–Kier alpha value is -5.28. The van der Waals surface area contributed by atoms with Crippen LogP contribution in [0.3, 0.4) is 0 Å². The lowest BCUT2D eigenvalue weighted by Gasteiger charge is -2.51. The van der Waals surface area contributed by atoms with Crippen LogP contribution in [-0.4, -0.2) is 5.54 Å². The van der Waals surface area contributed by atoms with Gasteiger partial charge in [0.2, 0.25) is 0 Å². The van der Waals surface area contributed by atoms with E-state index in [1.807, 2.05) is 0 Å². The largest absolute Gasteiger partial charge is 0.334 e. The highest BCUT2D eigenvalue weighted by molar-refractivity contribution is 5.99. The van der Waals surface area contributed by atoms with Crippen LogP contribution in [0, 0.1) is 20.8 Å². The average molecular weight is 1040 g/mol. The van der Waals surface area contributed by atoms with Crippen LogP contribution in [0.1, 0.15) is 259 Å². The molecule has 1 saturated carbocycles. The van der Waals surface area contributed by atoms with Gasteiger partial charge in [-0.15, -0.1) is 0 Å². The third-order valence-electron chi connectivity index (χ3n) is 22.7. The van der Waals surface area contributed by atoms with Crippen molar-refractivity contribution in [2.24, 2.45) is 0 Å². The van der Waals surface area contributed by atoms with E-state index in [1.54, 1.807) is 0 Å². The van der Waals surface area contributed by atoms with Crippen molar-refractivity contribution in [1.82, 2.24) is 0 Å². The maximum atomic E-state index is 2.84. The highest BCUT2D eigenvalue weighted by Crippen LogP contribution is 2.67. The third-order valence-corrected chi connectivity index (χ3v) is 22.7. The van der Waals surface area contributed by atoms with Gasteiger partial charge in [0.15, 0.2) is 0 Å². The van der Waals surface area contributed by atoms with E-state index >= 15 is 0 Å². The zero-order valence-corrected chi connectivity index (χ0v) is 51.9. The van der Waals surface area contributed by atoms with Crippen LogP contribution in [0.4, 0.5) is 45.5 Å². The number of aryl methyl sites for hydroxylation is 3. The van der Waals surface area contributed by atoms with E-state index in [0.29, 0.717) is 0 Å². The van der Waals surface area contributed by atoms with Crippen LogP contribution >= 0.6 is 0 Å². The molecule has 3 aliphatic heterocycles. The highest BCUT2D eigenvalue weighted by Gasteiger charge is 2.58. The smallest absolute Gasteiger partial charge is 0.0527 e. The van der Waals surface area contributed by atoms with E-state index in [9.17, 15) is 0 Å². The van der Waals surface area contributed by atoms with Gasteiger partial charge in [-0.25, -0.2) is 0 Å². The van der Waals surface area contributed by atoms with Gasteiger partial charge in [0.25, 0.3) is 0 Å². The Morgan fingerprint density at radius 2 is 0.859 bits per heavy atom. The Bertz CT molecular complexity index is 3580. The van der Waals surface area contributed by atoms with Crippen molar-refractivity contribution in [3.8, 4) is 0 Å². The Morgan fingerprint density at radius 1 is 0.397 bits per heavy atom. The van der Waals surface area contributed by atoms with E-state index in [0.717, 1.165) is 6.42 Å². The molecule has 3 heterocycles. The van der Waals surface area contributed by atoms with E-state index in [2.05, 4.69) is 238 Å². The summed E-state index contributed by atoms with van der Waals surface area (Å²) < 4.78 is 0. The van der Waals surface area contributed by atoms with Gasteiger partial charge in [0.1, 0.15) is 0 Å². The fourth-order valence-electron chi connectivity index (χ4n) is 17.7. The summed E-state index contributed by atoms with van der Waals surface area (Å²) in [6, 6.07) is 36.5. The van der Waals surface area contributed by atoms with Gasteiger partial charge in [0.05, 0.1) is 28.3 Å². The van der Waals surface area contributed by atoms with Crippen LogP contribution in [0.2, 0.25) is 0 Å². The number of nitrogens with zero attached hydrogens (tertiary/aromatic N) is 3. The molecule has 7 aliphatic rings. The Balaban J connectivity index is 1.13. The molecule has 78 heavy (non-hydrogen) atoms. The van der Waals surface area contributed by atoms with Crippen LogP contribution in [-0.2, 0) is 43.3 Å². The molecule has 408 valence electrons. The summed E-state index contributed by atoms with van der Waals surface area (Å²) in [5, 5.41) is 0. The van der Waals surface area contributed by atoms with Crippen molar-refractivity contribution >= 4 is 45.5 Å². The van der Waals surface area contributed by atoms with Crippen molar-refractivity contribution in [1.29, 1.82) is 0 Å². The lowest BCUT2D eigenvalue weighted by Crippen LogP contribution is -2.54. The lowest BCUT2D eigenvalue weighted by atomic mass is 9.61. The molecule has 0 radical (unpaired) electrons. The fourth-order valence-corrected chi connectivity index (χ4v) is 17.7. The topological polar surface area (TPSA) is 9.72 Å². The molecule has 0 spiro atoms. The highest BCUT2D eigenvalue weighted by atomic mass is 15.3. The summed E-state index contributed by atoms with van der Waals surface area (Å²) >= 11 is 0. The molecule has 3 heteroatoms. The zero-order valence-electron chi connectivity index (χ0n) is 51.9. The Morgan fingerprint density at radius 3 is 1.38 bits per heavy atom. The summed E-state index contributed by atoms with van der Waals surface area (Å²) in [7, 11) is 0. The molecule has 3 nitrogen and oxygen atoms in total. The Kier molecular flexibility index (Phi) is 10.7. The number of hydrogen-bond acceptors (Lipinski definition) is 3. The molecule has 0 aromatic heterocycles. The zero-order chi connectivity index (χ0) is 55.8. The minimum atomic E-state index is -0.0791. The molecule has 0 saturated heterocycles. The quantitative estimate of drug-likeness (QED) is 0.175. The maximum Gasteiger partial charge on any atom is 0.0527 e. The monoisotopic (exact) mass is 1040 g/mol. The molecule has 4 aliphatic carbocycles. The molecule has 3 atom stereocenters. The van der Waals surface area contributed by atoms with E-state index in [-0.39, 0.29) is 54.8 Å². The average Bonchev–Trinajstić information content (AvgIpc) is 3.67. The van der Waals surface area contributed by atoms with Gasteiger partial charge in [-0.05, 0) is 231 Å². The number of anilines is 8. The predicted octanol–water partition coefficient (Wildman–Crippen LogP) is 21.1. The van der Waals surface area contributed by atoms with Crippen LogP contribution < -0.4 is 14.7 Å². The standard InChI is InChI=1S/C75H93N3/c1-44-33-63-66-64(34-44)77(60-41-55-52(36-46(60)3)69(9,10)30-32-71(55,13)14)62-42-56-53(72(15,16)43-73(56,17)18)39-50(62)65(66)49-25-24-48(38-61(49)76(63)59-40-54-51(35-45(59)2)68(7,8)29-31-70(54,11)12)78-58-26-23-47(67(4,5)6)37-57(58)74(19)27-21-22-28-75(74,78)20/h23-26,33-42,65H,21-22,27-32,43H2,1-20H3. The van der Waals surface area contributed by atoms with E-state index < -0.39 is 0 Å². The van der Waals surface area contributed by atoms with Gasteiger partial charge < -0.3 is 14.7 Å². The predicted molar refractivity (Wildman–Crippen MR) is 334 cm³/mol. The minimum Gasteiger partial charge on any atom is -0.334 e. The van der Waals surface area contributed by atoms with Crippen LogP contribution in [0.15, 0.2) is 84.9 Å². The van der Waals surface area contributed by atoms with Gasteiger partial charge in [0, 0.05) is 39.6 Å². The van der Waals surface area contributed by atoms with Crippen LogP contribution in [0.5, 0.6) is 0 Å². The number of rotatable bonds is 3. The first-order chi connectivity index (χ1) is 36.2. The molecule has 6 aromatic carbocycles. The molecule has 13 rings (SSSR count). The molecule has 0 N–H and O–H groups in total. The third kappa shape index (κ3) is 7.06. The first-order valence-electron chi connectivity index (χ1n) is 30.6. The van der Waals surface area contributed by atoms with Gasteiger partial charge in [-0.2, -0.15) is 0 Å². The number of hydrogen-bond donors (Lipinski definition) is 0. The first kappa shape index (κ1) is 52.1. The van der Waals surface area contributed by atoms with Gasteiger partial charge >= 0.3 is 0 Å². The SMILES string of the molecule is Cc1cc2c3c(c1)N(c1cc4c(cc1C)C(C)(C)CCC4(C)C)c1cc4c(cc1C3c1ccc(N3c5ccc(C(C)(C)C)cc5C5(C)CCCCC35C)cc1N2c1cc2c(cc1C)C(C)(C)CCC2(C)C)C(C)(C)CC4(C)C. The lowest BCUT2D eigenvalue weighted by molar-refractivity contribution is 0.195. The number of benzene rings is 6. The molecular weight excluding hydrogens is 943 g/mol. The van der Waals surface area contributed by atoms with E-state index in [4.69, 9.17) is 0 Å². The van der Waals surface area contributed by atoms with Crippen molar-refractivity contribution < 1.29 is 0 Å². The second-order valence-electron chi connectivity index (χ2n) is 32.0. The van der Waals surface area contributed by atoms with Crippen molar-refractivity contribution in [2.45, 2.75) is 251 Å². The molecule has 1 fully saturated rings. The summed E-state index contributed by atoms with van der Waals surface area (Å²) in [5.41, 5.74) is 31.5. The number of fused-ring (bicyclic) bond motifs is 10. The summed E-state index contributed by atoms with van der Waals surface area (Å²) in [6.45, 7) is 49.5. The molecule has 3 unspecified atom stereocenters. The summed E-state index contributed by atoms with van der Waals surface area (Å²) in [4.78, 5) is 8.39. The second kappa shape index (κ2) is 16.0. The van der Waals surface area contributed by atoms with Gasteiger partial charge in [-0.1, -0.05) is 160 Å². The van der Waals surface area contributed by atoms with E-state index in [1.165, 1.54) is 175 Å². The molecular formula is C75H93N3. The van der Waals surface area contributed by atoms with Crippen molar-refractivity contribution in [3.05, 3.63) is 163 Å². The molecule has 0 amide bonds. The summed E-state index contributed by atoms with van der Waals surface area (Å²) in [5.74, 6) is 0.0318. The molecule has 0 bridgehead atoms.